The summed E-state index contributed by atoms with van der Waals surface area (Å²) in [6.45, 7) is 2.30. The van der Waals surface area contributed by atoms with E-state index in [4.69, 9.17) is 19.2 Å². The Bertz CT molecular complexity index is 1580. The predicted octanol–water partition coefficient (Wildman–Crippen LogP) is 3.58. The molecule has 0 unspecified atom stereocenters. The van der Waals surface area contributed by atoms with Crippen LogP contribution in [0.5, 0.6) is 17.2 Å². The monoisotopic (exact) mass is 512 g/mol. The number of fused-ring (bicyclic) bond motifs is 3. The number of aryl methyl sites for hydroxylation is 1. The summed E-state index contributed by atoms with van der Waals surface area (Å²) in [5.41, 5.74) is 2.52. The van der Waals surface area contributed by atoms with Crippen molar-refractivity contribution in [2.45, 2.75) is 13.3 Å². The quantitative estimate of drug-likeness (QED) is 0.349. The highest BCUT2D eigenvalue weighted by atomic mass is 16.7. The molecule has 0 spiro atoms. The lowest BCUT2D eigenvalue weighted by Gasteiger charge is -2.19. The Morgan fingerprint density at radius 1 is 1.03 bits per heavy atom. The van der Waals surface area contributed by atoms with Crippen molar-refractivity contribution in [1.82, 2.24) is 14.3 Å². The Labute approximate surface area is 218 Å². The molecule has 2 aromatic heterocycles. The van der Waals surface area contributed by atoms with E-state index in [0.717, 1.165) is 5.69 Å². The van der Waals surface area contributed by atoms with Gasteiger partial charge in [0, 0.05) is 18.8 Å². The molecule has 192 valence electrons. The fraction of sp³-hybridized carbons (Fsp3) is 0.214. The second-order valence-electron chi connectivity index (χ2n) is 8.89. The van der Waals surface area contributed by atoms with Crippen LogP contribution in [0.3, 0.4) is 0 Å². The van der Waals surface area contributed by atoms with E-state index in [1.54, 1.807) is 70.9 Å². The van der Waals surface area contributed by atoms with Crippen molar-refractivity contribution < 1.29 is 28.6 Å². The summed E-state index contributed by atoms with van der Waals surface area (Å²) < 4.78 is 18.6. The summed E-state index contributed by atoms with van der Waals surface area (Å²) in [4.78, 5) is 46.2. The number of amides is 3. The topological polar surface area (TPSA) is 103 Å². The Morgan fingerprint density at radius 2 is 1.76 bits per heavy atom. The largest absolute Gasteiger partial charge is 0.488 e. The van der Waals surface area contributed by atoms with Gasteiger partial charge in [-0.25, -0.2) is 4.98 Å². The molecule has 10 nitrogen and oxygen atoms in total. The number of benzene rings is 2. The zero-order valence-electron chi connectivity index (χ0n) is 20.8. The third kappa shape index (κ3) is 3.73. The first-order valence-corrected chi connectivity index (χ1v) is 12.2. The summed E-state index contributed by atoms with van der Waals surface area (Å²) in [6, 6.07) is 15.4. The van der Waals surface area contributed by atoms with E-state index in [-0.39, 0.29) is 37.7 Å². The van der Waals surface area contributed by atoms with Crippen molar-refractivity contribution in [1.29, 1.82) is 0 Å². The molecule has 0 saturated carbocycles. The molecular formula is C28H24N4O6. The number of imide groups is 1. The maximum absolute atomic E-state index is 13.4. The lowest BCUT2D eigenvalue weighted by molar-refractivity contribution is 0.0631. The predicted molar refractivity (Wildman–Crippen MR) is 137 cm³/mol. The van der Waals surface area contributed by atoms with E-state index in [2.05, 4.69) is 0 Å². The van der Waals surface area contributed by atoms with Gasteiger partial charge in [-0.15, -0.1) is 0 Å². The second kappa shape index (κ2) is 9.22. The van der Waals surface area contributed by atoms with Crippen LogP contribution in [0.2, 0.25) is 0 Å². The van der Waals surface area contributed by atoms with Crippen LogP contribution in [0.4, 0.5) is 5.82 Å². The summed E-state index contributed by atoms with van der Waals surface area (Å²) in [5, 5.41) is 0. The summed E-state index contributed by atoms with van der Waals surface area (Å²) in [6.07, 6.45) is 2.40. The first kappa shape index (κ1) is 23.5. The maximum atomic E-state index is 13.4. The Kier molecular flexibility index (Phi) is 5.71. The number of carbonyl (C=O) groups excluding carboxylic acids is 3. The number of ether oxygens (including phenoxy) is 3. The standard InChI is InChI=1S/C28H24N4O6/c1-3-20-25(30(2)26(33)17-10-11-21-23(15-17)38-16-37-21)31-12-6-9-22(24(31)29-20)36-14-13-32-27(34)18-7-4-5-8-19(18)28(32)35/h4-12,15H,3,13-14,16H2,1-2H3. The molecule has 0 bridgehead atoms. The molecule has 0 saturated heterocycles. The lowest BCUT2D eigenvalue weighted by Crippen LogP contribution is -2.33. The molecule has 0 atom stereocenters. The number of hydrogen-bond acceptors (Lipinski definition) is 7. The van der Waals surface area contributed by atoms with Gasteiger partial charge in [-0.2, -0.15) is 0 Å². The Balaban J connectivity index is 1.23. The first-order chi connectivity index (χ1) is 18.5. The van der Waals surface area contributed by atoms with Crippen molar-refractivity contribution >= 4 is 29.2 Å². The smallest absolute Gasteiger partial charge is 0.261 e. The number of nitrogens with zero attached hydrogens (tertiary/aromatic N) is 4. The van der Waals surface area contributed by atoms with Crippen LogP contribution < -0.4 is 19.1 Å². The van der Waals surface area contributed by atoms with Gasteiger partial charge in [0.05, 0.1) is 23.4 Å². The zero-order chi connectivity index (χ0) is 26.4. The number of pyridine rings is 1. The molecule has 0 N–H and O–H groups in total. The van der Waals surface area contributed by atoms with Crippen LogP contribution >= 0.6 is 0 Å². The number of anilines is 1. The minimum atomic E-state index is -0.326. The van der Waals surface area contributed by atoms with Gasteiger partial charge >= 0.3 is 0 Å². The van der Waals surface area contributed by atoms with Crippen LogP contribution in [0.1, 0.15) is 43.7 Å². The minimum absolute atomic E-state index is 0.0980. The minimum Gasteiger partial charge on any atom is -0.488 e. The van der Waals surface area contributed by atoms with E-state index in [9.17, 15) is 14.4 Å². The molecule has 0 aliphatic carbocycles. The molecule has 10 heteroatoms. The summed E-state index contributed by atoms with van der Waals surface area (Å²) in [7, 11) is 1.70. The van der Waals surface area contributed by atoms with Gasteiger partial charge in [0.25, 0.3) is 17.7 Å². The molecule has 6 rings (SSSR count). The van der Waals surface area contributed by atoms with Crippen LogP contribution in [0.15, 0.2) is 60.8 Å². The van der Waals surface area contributed by atoms with Gasteiger partial charge < -0.3 is 14.2 Å². The molecule has 4 heterocycles. The second-order valence-corrected chi connectivity index (χ2v) is 8.89. The number of carbonyl (C=O) groups is 3. The van der Waals surface area contributed by atoms with Gasteiger partial charge in [0.15, 0.2) is 22.9 Å². The van der Waals surface area contributed by atoms with E-state index < -0.39 is 0 Å². The van der Waals surface area contributed by atoms with Crippen LogP contribution in [-0.4, -0.2) is 59.0 Å². The van der Waals surface area contributed by atoms with Gasteiger partial charge in [0.2, 0.25) is 6.79 Å². The molecule has 0 fully saturated rings. The maximum Gasteiger partial charge on any atom is 0.261 e. The summed E-state index contributed by atoms with van der Waals surface area (Å²) in [5.74, 6) is 1.37. The number of aromatic nitrogens is 2. The van der Waals surface area contributed by atoms with E-state index >= 15 is 0 Å². The van der Waals surface area contributed by atoms with Crippen LogP contribution in [0, 0.1) is 0 Å². The molecule has 3 amide bonds. The fourth-order valence-electron chi connectivity index (χ4n) is 4.79. The van der Waals surface area contributed by atoms with Crippen molar-refractivity contribution in [2.75, 3.05) is 31.9 Å². The number of hydrogen-bond donors (Lipinski definition) is 0. The highest BCUT2D eigenvalue weighted by molar-refractivity contribution is 6.21. The van der Waals surface area contributed by atoms with Crippen LogP contribution in [-0.2, 0) is 6.42 Å². The van der Waals surface area contributed by atoms with E-state index in [1.807, 2.05) is 13.1 Å². The SMILES string of the molecule is CCc1nc2c(OCCN3C(=O)c4ccccc4C3=O)cccn2c1N(C)C(=O)c1ccc2c(c1)OCO2. The number of rotatable bonds is 7. The van der Waals surface area contributed by atoms with E-state index in [0.29, 0.717) is 51.8 Å². The third-order valence-electron chi connectivity index (χ3n) is 6.69. The normalized spacial score (nSPS) is 13.8. The van der Waals surface area contributed by atoms with Gasteiger partial charge in [-0.1, -0.05) is 19.1 Å². The average Bonchev–Trinajstić information content (AvgIpc) is 3.63. The van der Waals surface area contributed by atoms with E-state index in [1.165, 1.54) is 4.90 Å². The van der Waals surface area contributed by atoms with Gasteiger partial charge in [-0.3, -0.25) is 28.6 Å². The van der Waals surface area contributed by atoms with Crippen molar-refractivity contribution in [3.63, 3.8) is 0 Å². The molecule has 4 aromatic rings. The lowest BCUT2D eigenvalue weighted by atomic mass is 10.1. The Morgan fingerprint density at radius 3 is 2.50 bits per heavy atom. The van der Waals surface area contributed by atoms with Crippen LogP contribution in [0.25, 0.3) is 5.65 Å². The summed E-state index contributed by atoms with van der Waals surface area (Å²) >= 11 is 0. The average molecular weight is 513 g/mol. The molecule has 2 aliphatic rings. The molecule has 2 aromatic carbocycles. The molecule has 2 aliphatic heterocycles. The first-order valence-electron chi connectivity index (χ1n) is 12.2. The number of imidazole rings is 1. The zero-order valence-corrected chi connectivity index (χ0v) is 20.8. The highest BCUT2D eigenvalue weighted by Crippen LogP contribution is 2.34. The third-order valence-corrected chi connectivity index (χ3v) is 6.69. The highest BCUT2D eigenvalue weighted by Gasteiger charge is 2.35. The molecule has 0 radical (unpaired) electrons. The molecule has 38 heavy (non-hydrogen) atoms. The van der Waals surface area contributed by atoms with Gasteiger partial charge in [0.1, 0.15) is 12.4 Å². The van der Waals surface area contributed by atoms with Crippen molar-refractivity contribution in [3.05, 3.63) is 83.2 Å². The van der Waals surface area contributed by atoms with Gasteiger partial charge in [-0.05, 0) is 48.9 Å². The molecular weight excluding hydrogens is 488 g/mol. The Hall–Kier alpha value is -4.86. The van der Waals surface area contributed by atoms with Crippen molar-refractivity contribution in [3.8, 4) is 17.2 Å². The fourth-order valence-corrected chi connectivity index (χ4v) is 4.79. The van der Waals surface area contributed by atoms with Crippen molar-refractivity contribution in [2.24, 2.45) is 0 Å².